The lowest BCUT2D eigenvalue weighted by molar-refractivity contribution is 0.0861. The molecule has 164 valence electrons. The SMILES string of the molecule is C=C1/C(=C/C=C2\CCC[C@@]3(C)C2CCC3[C@H](C)CCCC(C)C)C[C@@H](O)C[C@@H]1O. The Morgan fingerprint density at radius 3 is 2.62 bits per heavy atom. The van der Waals surface area contributed by atoms with E-state index in [0.717, 1.165) is 28.9 Å². The van der Waals surface area contributed by atoms with Crippen LogP contribution < -0.4 is 0 Å². The molecule has 29 heavy (non-hydrogen) atoms. The van der Waals surface area contributed by atoms with Crippen LogP contribution in [0.4, 0.5) is 0 Å². The summed E-state index contributed by atoms with van der Waals surface area (Å²) in [4.78, 5) is 0. The quantitative estimate of drug-likeness (QED) is 0.528. The molecule has 0 radical (unpaired) electrons. The van der Waals surface area contributed by atoms with Gasteiger partial charge >= 0.3 is 0 Å². The molecule has 3 saturated carbocycles. The van der Waals surface area contributed by atoms with Crippen molar-refractivity contribution in [1.82, 2.24) is 0 Å². The summed E-state index contributed by atoms with van der Waals surface area (Å²) in [7, 11) is 0. The maximum Gasteiger partial charge on any atom is 0.0811 e. The maximum atomic E-state index is 10.1. The number of rotatable bonds is 6. The highest BCUT2D eigenvalue weighted by molar-refractivity contribution is 5.38. The van der Waals surface area contributed by atoms with Crippen LogP contribution in [0.5, 0.6) is 0 Å². The predicted octanol–water partition coefficient (Wildman–Crippen LogP) is 6.59. The van der Waals surface area contributed by atoms with Crippen molar-refractivity contribution in [2.24, 2.45) is 29.1 Å². The van der Waals surface area contributed by atoms with Gasteiger partial charge in [0.25, 0.3) is 0 Å². The molecule has 3 fully saturated rings. The molecule has 2 unspecified atom stereocenters. The third kappa shape index (κ3) is 5.07. The Morgan fingerprint density at radius 2 is 1.90 bits per heavy atom. The number of hydrogen-bond acceptors (Lipinski definition) is 2. The Balaban J connectivity index is 1.71. The van der Waals surface area contributed by atoms with Crippen molar-refractivity contribution < 1.29 is 10.2 Å². The number of aliphatic hydroxyl groups excluding tert-OH is 2. The van der Waals surface area contributed by atoms with Crippen molar-refractivity contribution >= 4 is 0 Å². The molecular formula is C27H44O2. The van der Waals surface area contributed by atoms with Crippen molar-refractivity contribution in [3.05, 3.63) is 35.5 Å². The molecule has 0 heterocycles. The fourth-order valence-corrected chi connectivity index (χ4v) is 6.73. The molecule has 2 N–H and O–H groups in total. The highest BCUT2D eigenvalue weighted by Gasteiger charge is 2.50. The zero-order valence-corrected chi connectivity index (χ0v) is 19.3. The first-order valence-corrected chi connectivity index (χ1v) is 12.2. The summed E-state index contributed by atoms with van der Waals surface area (Å²) >= 11 is 0. The molecule has 3 aliphatic carbocycles. The van der Waals surface area contributed by atoms with Gasteiger partial charge in [0.1, 0.15) is 0 Å². The minimum atomic E-state index is -0.595. The molecule has 3 rings (SSSR count). The van der Waals surface area contributed by atoms with Gasteiger partial charge < -0.3 is 10.2 Å². The van der Waals surface area contributed by atoms with Crippen LogP contribution in [0.15, 0.2) is 35.5 Å². The minimum Gasteiger partial charge on any atom is -0.393 e. The number of aliphatic hydroxyl groups is 2. The average Bonchev–Trinajstić information content (AvgIpc) is 3.00. The molecule has 0 aromatic heterocycles. The molecule has 0 amide bonds. The normalized spacial score (nSPS) is 39.3. The van der Waals surface area contributed by atoms with Gasteiger partial charge in [-0.25, -0.2) is 0 Å². The maximum absolute atomic E-state index is 10.1. The van der Waals surface area contributed by atoms with E-state index in [2.05, 4.69) is 46.4 Å². The van der Waals surface area contributed by atoms with Crippen LogP contribution >= 0.6 is 0 Å². The van der Waals surface area contributed by atoms with Crippen LogP contribution in [0.1, 0.15) is 91.9 Å². The fourth-order valence-electron chi connectivity index (χ4n) is 6.73. The lowest BCUT2D eigenvalue weighted by Crippen LogP contribution is -2.36. The van der Waals surface area contributed by atoms with Crippen LogP contribution in [-0.4, -0.2) is 22.4 Å². The summed E-state index contributed by atoms with van der Waals surface area (Å²) in [6.07, 6.45) is 15.2. The second kappa shape index (κ2) is 9.52. The molecule has 2 nitrogen and oxygen atoms in total. The molecule has 6 atom stereocenters. The third-order valence-electron chi connectivity index (χ3n) is 8.43. The van der Waals surface area contributed by atoms with Gasteiger partial charge in [0, 0.05) is 6.42 Å². The zero-order valence-electron chi connectivity index (χ0n) is 19.3. The lowest BCUT2D eigenvalue weighted by Gasteiger charge is -2.44. The Labute approximate surface area is 179 Å². The van der Waals surface area contributed by atoms with Gasteiger partial charge in [-0.1, -0.05) is 71.3 Å². The van der Waals surface area contributed by atoms with E-state index in [1.54, 1.807) is 5.57 Å². The monoisotopic (exact) mass is 400 g/mol. The molecule has 0 aromatic carbocycles. The largest absolute Gasteiger partial charge is 0.393 e. The first kappa shape index (κ1) is 22.8. The fraction of sp³-hybridized carbons (Fsp3) is 0.778. The number of fused-ring (bicyclic) bond motifs is 1. The average molecular weight is 401 g/mol. The van der Waals surface area contributed by atoms with Gasteiger partial charge in [-0.3, -0.25) is 0 Å². The van der Waals surface area contributed by atoms with Gasteiger partial charge in [-0.15, -0.1) is 0 Å². The van der Waals surface area contributed by atoms with Crippen LogP contribution in [-0.2, 0) is 0 Å². The van der Waals surface area contributed by atoms with Gasteiger partial charge in [0.15, 0.2) is 0 Å². The first-order valence-electron chi connectivity index (χ1n) is 12.2. The lowest BCUT2D eigenvalue weighted by atomic mass is 9.60. The van der Waals surface area contributed by atoms with Crippen LogP contribution in [0.3, 0.4) is 0 Å². The summed E-state index contributed by atoms with van der Waals surface area (Å²) < 4.78 is 0. The Hall–Kier alpha value is -0.860. The predicted molar refractivity (Wildman–Crippen MR) is 123 cm³/mol. The van der Waals surface area contributed by atoms with E-state index in [0.29, 0.717) is 24.2 Å². The Bertz CT molecular complexity index is 643. The minimum absolute atomic E-state index is 0.420. The summed E-state index contributed by atoms with van der Waals surface area (Å²) in [6.45, 7) is 13.8. The smallest absolute Gasteiger partial charge is 0.0811 e. The van der Waals surface area contributed by atoms with Crippen LogP contribution in [0, 0.1) is 29.1 Å². The van der Waals surface area contributed by atoms with E-state index in [4.69, 9.17) is 0 Å². The van der Waals surface area contributed by atoms with Crippen molar-refractivity contribution in [2.75, 3.05) is 0 Å². The van der Waals surface area contributed by atoms with Crippen molar-refractivity contribution in [3.63, 3.8) is 0 Å². The van der Waals surface area contributed by atoms with E-state index in [9.17, 15) is 10.2 Å². The first-order chi connectivity index (χ1) is 13.7. The van der Waals surface area contributed by atoms with Crippen LogP contribution in [0.2, 0.25) is 0 Å². The van der Waals surface area contributed by atoms with Crippen molar-refractivity contribution in [3.8, 4) is 0 Å². The van der Waals surface area contributed by atoms with Crippen LogP contribution in [0.25, 0.3) is 0 Å². The zero-order chi connectivity index (χ0) is 21.2. The van der Waals surface area contributed by atoms with E-state index in [1.807, 2.05) is 0 Å². The molecule has 0 bridgehead atoms. The van der Waals surface area contributed by atoms with Gasteiger partial charge in [0.2, 0.25) is 0 Å². The Kier molecular flexibility index (Phi) is 7.49. The summed E-state index contributed by atoms with van der Waals surface area (Å²) in [5.41, 5.74) is 3.88. The van der Waals surface area contributed by atoms with E-state index in [-0.39, 0.29) is 0 Å². The topological polar surface area (TPSA) is 40.5 Å². The highest BCUT2D eigenvalue weighted by Crippen LogP contribution is 2.59. The highest BCUT2D eigenvalue weighted by atomic mass is 16.3. The van der Waals surface area contributed by atoms with Gasteiger partial charge in [-0.2, -0.15) is 0 Å². The van der Waals surface area contributed by atoms with E-state index in [1.165, 1.54) is 51.4 Å². The van der Waals surface area contributed by atoms with Crippen molar-refractivity contribution in [1.29, 1.82) is 0 Å². The van der Waals surface area contributed by atoms with Gasteiger partial charge in [0.05, 0.1) is 12.2 Å². The molecule has 0 aromatic rings. The molecule has 2 heteroatoms. The Morgan fingerprint density at radius 1 is 1.14 bits per heavy atom. The summed E-state index contributed by atoms with van der Waals surface area (Å²) in [5.74, 6) is 3.20. The van der Waals surface area contributed by atoms with E-state index >= 15 is 0 Å². The second-order valence-corrected chi connectivity index (χ2v) is 11.0. The van der Waals surface area contributed by atoms with Crippen molar-refractivity contribution in [2.45, 2.75) is 104 Å². The van der Waals surface area contributed by atoms with Gasteiger partial charge in [-0.05, 0) is 78.8 Å². The third-order valence-corrected chi connectivity index (χ3v) is 8.43. The number of allylic oxidation sites excluding steroid dienone is 3. The summed E-state index contributed by atoms with van der Waals surface area (Å²) in [5, 5.41) is 20.2. The molecule has 3 aliphatic rings. The molecule has 0 spiro atoms. The van der Waals surface area contributed by atoms with E-state index < -0.39 is 12.2 Å². The molecular weight excluding hydrogens is 356 g/mol. The standard InChI is InChI=1S/C27H44O2/c1-18(2)8-6-9-19(3)24-13-14-25-21(10-7-15-27(24,25)5)11-12-22-16-23(28)17-26(29)20(22)4/h11-12,18-19,23-26,28-29H,4,6-10,13-17H2,1-3,5H3/b21-11+,22-12+/t19-,23-,24?,25?,26+,27-/m1/s1. The summed E-state index contributed by atoms with van der Waals surface area (Å²) in [6, 6.07) is 0. The molecule has 0 saturated heterocycles. The number of hydrogen-bond donors (Lipinski definition) is 2. The molecule has 0 aliphatic heterocycles. The second-order valence-electron chi connectivity index (χ2n) is 11.0.